The van der Waals surface area contributed by atoms with Crippen LogP contribution in [0.3, 0.4) is 0 Å². The lowest BCUT2D eigenvalue weighted by Crippen LogP contribution is -2.41. The van der Waals surface area contributed by atoms with Gasteiger partial charge in [0.2, 0.25) is 5.91 Å². The summed E-state index contributed by atoms with van der Waals surface area (Å²) in [5, 5.41) is 2.93. The molecule has 94 valence electrons. The third-order valence-corrected chi connectivity index (χ3v) is 3.64. The largest absolute Gasteiger partial charge is 0.348 e. The van der Waals surface area contributed by atoms with Crippen molar-refractivity contribution in [1.29, 1.82) is 0 Å². The Labute approximate surface area is 107 Å². The van der Waals surface area contributed by atoms with E-state index in [1.165, 1.54) is 15.3 Å². The molecule has 0 aliphatic heterocycles. The van der Waals surface area contributed by atoms with Crippen LogP contribution in [0.25, 0.3) is 0 Å². The average Bonchev–Trinajstić information content (AvgIpc) is 2.58. The molecule has 2 unspecified atom stereocenters. The van der Waals surface area contributed by atoms with Crippen molar-refractivity contribution in [3.63, 3.8) is 0 Å². The van der Waals surface area contributed by atoms with Gasteiger partial charge in [0.1, 0.15) is 0 Å². The number of nitrogens with two attached hydrogens (primary N) is 1. The lowest BCUT2D eigenvalue weighted by Gasteiger charge is -2.16. The third kappa shape index (κ3) is 3.68. The van der Waals surface area contributed by atoms with E-state index in [0.29, 0.717) is 6.42 Å². The Hall–Kier alpha value is -1.13. The first-order valence-electron chi connectivity index (χ1n) is 5.69. The highest BCUT2D eigenvalue weighted by molar-refractivity contribution is 7.12. The molecule has 0 fully saturated rings. The van der Waals surface area contributed by atoms with Crippen molar-refractivity contribution in [2.45, 2.75) is 39.3 Å². The Morgan fingerprint density at radius 3 is 2.76 bits per heavy atom. The second-order valence-corrected chi connectivity index (χ2v) is 5.69. The molecule has 0 aliphatic carbocycles. The Morgan fingerprint density at radius 1 is 1.65 bits per heavy atom. The number of amides is 1. The molecule has 0 aliphatic rings. The quantitative estimate of drug-likeness (QED) is 0.791. The molecule has 0 spiro atoms. The normalized spacial score (nSPS) is 14.1. The highest BCUT2D eigenvalue weighted by Crippen LogP contribution is 2.26. The molecule has 1 aromatic rings. The van der Waals surface area contributed by atoms with Gasteiger partial charge in [-0.2, -0.15) is 0 Å². The smallest absolute Gasteiger partial charge is 0.237 e. The number of carbonyl (C=O) groups excluding carboxylic acids is 1. The van der Waals surface area contributed by atoms with E-state index >= 15 is 0 Å². The van der Waals surface area contributed by atoms with Gasteiger partial charge in [0.05, 0.1) is 12.1 Å². The summed E-state index contributed by atoms with van der Waals surface area (Å²) in [6.45, 7) is 9.70. The number of carbonyl (C=O) groups is 1. The number of nitrogens with one attached hydrogen (secondary N) is 1. The molecule has 0 saturated heterocycles. The van der Waals surface area contributed by atoms with Gasteiger partial charge in [0.25, 0.3) is 0 Å². The highest BCUT2D eigenvalue weighted by Gasteiger charge is 2.17. The maximum atomic E-state index is 11.8. The molecule has 1 heterocycles. The minimum atomic E-state index is -0.505. The van der Waals surface area contributed by atoms with Crippen molar-refractivity contribution in [1.82, 2.24) is 5.32 Å². The van der Waals surface area contributed by atoms with Gasteiger partial charge in [-0.15, -0.1) is 17.9 Å². The second kappa shape index (κ2) is 5.98. The van der Waals surface area contributed by atoms with Gasteiger partial charge in [0.15, 0.2) is 0 Å². The Balaban J connectivity index is 2.66. The summed E-state index contributed by atoms with van der Waals surface area (Å²) in [4.78, 5) is 14.3. The lowest BCUT2D eigenvalue weighted by atomic mass is 10.1. The third-order valence-electron chi connectivity index (χ3n) is 2.66. The summed E-state index contributed by atoms with van der Waals surface area (Å²) in [7, 11) is 0. The molecular formula is C13H20N2OS. The molecular weight excluding hydrogens is 232 g/mol. The lowest BCUT2D eigenvalue weighted by molar-refractivity contribution is -0.122. The van der Waals surface area contributed by atoms with Crippen LogP contribution in [0, 0.1) is 13.8 Å². The van der Waals surface area contributed by atoms with E-state index in [1.54, 1.807) is 17.4 Å². The fourth-order valence-electron chi connectivity index (χ4n) is 1.77. The minimum absolute atomic E-state index is 0.00307. The van der Waals surface area contributed by atoms with Crippen molar-refractivity contribution in [3.05, 3.63) is 34.0 Å². The molecule has 3 N–H and O–H groups in total. The SMILES string of the molecule is C=CCC(N)C(=O)NC(C)c1cc(C)sc1C. The Morgan fingerprint density at radius 2 is 2.29 bits per heavy atom. The first-order chi connectivity index (χ1) is 7.95. The van der Waals surface area contributed by atoms with Gasteiger partial charge in [-0.05, 0) is 38.8 Å². The highest BCUT2D eigenvalue weighted by atomic mass is 32.1. The zero-order valence-corrected chi connectivity index (χ0v) is 11.4. The summed E-state index contributed by atoms with van der Waals surface area (Å²) in [6.07, 6.45) is 2.16. The van der Waals surface area contributed by atoms with Crippen LogP contribution in [0.5, 0.6) is 0 Å². The summed E-state index contributed by atoms with van der Waals surface area (Å²) in [6, 6.07) is 1.61. The Kier molecular flexibility index (Phi) is 4.90. The van der Waals surface area contributed by atoms with Crippen molar-refractivity contribution in [3.8, 4) is 0 Å². The van der Waals surface area contributed by atoms with Crippen LogP contribution in [0.1, 0.15) is 34.7 Å². The molecule has 0 bridgehead atoms. The standard InChI is InChI=1S/C13H20N2OS/c1-5-6-12(14)13(16)15-9(3)11-7-8(2)17-10(11)4/h5,7,9,12H,1,6,14H2,2-4H3,(H,15,16). The zero-order chi connectivity index (χ0) is 13.0. The first-order valence-corrected chi connectivity index (χ1v) is 6.51. The van der Waals surface area contributed by atoms with Crippen LogP contribution in [0.15, 0.2) is 18.7 Å². The predicted octanol–water partition coefficient (Wildman–Crippen LogP) is 2.45. The van der Waals surface area contributed by atoms with Gasteiger partial charge < -0.3 is 11.1 Å². The van der Waals surface area contributed by atoms with E-state index in [9.17, 15) is 4.79 Å². The maximum absolute atomic E-state index is 11.8. The number of hydrogen-bond acceptors (Lipinski definition) is 3. The van der Waals surface area contributed by atoms with Crippen LogP contribution in [-0.4, -0.2) is 11.9 Å². The van der Waals surface area contributed by atoms with E-state index in [1.807, 2.05) is 6.92 Å². The number of aryl methyl sites for hydroxylation is 2. The summed E-state index contributed by atoms with van der Waals surface area (Å²) in [5.74, 6) is -0.124. The van der Waals surface area contributed by atoms with Crippen LogP contribution in [0.2, 0.25) is 0 Å². The molecule has 0 radical (unpaired) electrons. The van der Waals surface area contributed by atoms with E-state index < -0.39 is 6.04 Å². The molecule has 1 amide bonds. The average molecular weight is 252 g/mol. The van der Waals surface area contributed by atoms with Gasteiger partial charge in [-0.25, -0.2) is 0 Å². The topological polar surface area (TPSA) is 55.1 Å². The van der Waals surface area contributed by atoms with Gasteiger partial charge in [-0.3, -0.25) is 4.79 Å². The van der Waals surface area contributed by atoms with Gasteiger partial charge in [0, 0.05) is 9.75 Å². The van der Waals surface area contributed by atoms with E-state index in [4.69, 9.17) is 5.73 Å². The molecule has 4 heteroatoms. The summed E-state index contributed by atoms with van der Waals surface area (Å²) in [5.41, 5.74) is 6.89. The molecule has 1 aromatic heterocycles. The van der Waals surface area contributed by atoms with E-state index in [-0.39, 0.29) is 11.9 Å². The molecule has 0 saturated carbocycles. The zero-order valence-electron chi connectivity index (χ0n) is 10.6. The van der Waals surface area contributed by atoms with Crippen LogP contribution in [0.4, 0.5) is 0 Å². The first kappa shape index (κ1) is 13.9. The summed E-state index contributed by atoms with van der Waals surface area (Å²) < 4.78 is 0. The maximum Gasteiger partial charge on any atom is 0.237 e. The number of hydrogen-bond donors (Lipinski definition) is 2. The van der Waals surface area contributed by atoms with Crippen molar-refractivity contribution in [2.75, 3.05) is 0 Å². The van der Waals surface area contributed by atoms with E-state index in [2.05, 4.69) is 31.8 Å². The monoisotopic (exact) mass is 252 g/mol. The number of rotatable bonds is 5. The number of thiophene rings is 1. The van der Waals surface area contributed by atoms with Crippen LogP contribution in [-0.2, 0) is 4.79 Å². The molecule has 0 aromatic carbocycles. The second-order valence-electron chi connectivity index (χ2n) is 4.23. The minimum Gasteiger partial charge on any atom is -0.348 e. The Bertz CT molecular complexity index is 412. The predicted molar refractivity (Wildman–Crippen MR) is 73.1 cm³/mol. The summed E-state index contributed by atoms with van der Waals surface area (Å²) >= 11 is 1.74. The molecule has 2 atom stereocenters. The van der Waals surface area contributed by atoms with Crippen LogP contribution >= 0.6 is 11.3 Å². The van der Waals surface area contributed by atoms with Crippen molar-refractivity contribution < 1.29 is 4.79 Å². The van der Waals surface area contributed by atoms with Gasteiger partial charge in [-0.1, -0.05) is 6.08 Å². The van der Waals surface area contributed by atoms with Crippen molar-refractivity contribution >= 4 is 17.2 Å². The fraction of sp³-hybridized carbons (Fsp3) is 0.462. The van der Waals surface area contributed by atoms with Crippen LogP contribution < -0.4 is 11.1 Å². The van der Waals surface area contributed by atoms with Gasteiger partial charge >= 0.3 is 0 Å². The molecule has 3 nitrogen and oxygen atoms in total. The molecule has 17 heavy (non-hydrogen) atoms. The van der Waals surface area contributed by atoms with Crippen molar-refractivity contribution in [2.24, 2.45) is 5.73 Å². The molecule has 1 rings (SSSR count). The van der Waals surface area contributed by atoms with E-state index in [0.717, 1.165) is 0 Å². The fourth-order valence-corrected chi connectivity index (χ4v) is 2.79.